The van der Waals surface area contributed by atoms with Gasteiger partial charge >= 0.3 is 5.97 Å². The number of esters is 1. The largest absolute Gasteiger partial charge is 0.496 e. The molecule has 1 N–H and O–H groups in total. The lowest BCUT2D eigenvalue weighted by molar-refractivity contribution is -0.140. The molecule has 0 fully saturated rings. The van der Waals surface area contributed by atoms with E-state index in [2.05, 4.69) is 36.8 Å². The minimum Gasteiger partial charge on any atom is -0.496 e. The first-order chi connectivity index (χ1) is 12.6. The lowest BCUT2D eigenvalue weighted by atomic mass is 9.95. The zero-order valence-corrected chi connectivity index (χ0v) is 16.1. The second kappa shape index (κ2) is 7.83. The van der Waals surface area contributed by atoms with E-state index >= 15 is 0 Å². The van der Waals surface area contributed by atoms with Gasteiger partial charge < -0.3 is 19.5 Å². The minimum atomic E-state index is -0.594. The van der Waals surface area contributed by atoms with Crippen LogP contribution in [-0.2, 0) is 14.3 Å². The number of halogens is 1. The number of hydrogen-bond acceptors (Lipinski definition) is 8. The van der Waals surface area contributed by atoms with Gasteiger partial charge in [-0.1, -0.05) is 21.0 Å². The van der Waals surface area contributed by atoms with Crippen molar-refractivity contribution in [3.05, 3.63) is 39.5 Å². The van der Waals surface area contributed by atoms with Crippen LogP contribution in [0.3, 0.4) is 0 Å². The Morgan fingerprint density at radius 1 is 1.35 bits per heavy atom. The van der Waals surface area contributed by atoms with Crippen LogP contribution in [0.25, 0.3) is 0 Å². The van der Waals surface area contributed by atoms with Crippen LogP contribution >= 0.6 is 15.9 Å². The molecule has 2 heterocycles. The van der Waals surface area contributed by atoms with Crippen LogP contribution < -0.4 is 10.1 Å². The van der Waals surface area contributed by atoms with Crippen molar-refractivity contribution in [2.45, 2.75) is 13.0 Å². The van der Waals surface area contributed by atoms with Crippen LogP contribution in [0.15, 0.2) is 33.9 Å². The van der Waals surface area contributed by atoms with Gasteiger partial charge in [-0.05, 0) is 35.5 Å². The summed E-state index contributed by atoms with van der Waals surface area (Å²) in [5.41, 5.74) is 1.74. The Morgan fingerprint density at radius 2 is 2.15 bits per heavy atom. The average molecular weight is 424 g/mol. The number of carbonyl (C=O) groups excluding carboxylic acids is 1. The van der Waals surface area contributed by atoms with E-state index in [-0.39, 0.29) is 6.61 Å². The minimum absolute atomic E-state index is 0.150. The van der Waals surface area contributed by atoms with Gasteiger partial charge in [-0.2, -0.15) is 4.68 Å². The first-order valence-corrected chi connectivity index (χ1v) is 8.61. The Hall–Kier alpha value is -2.46. The molecule has 9 nitrogen and oxygen atoms in total. The summed E-state index contributed by atoms with van der Waals surface area (Å²) < 4.78 is 18.1. The van der Waals surface area contributed by atoms with Crippen molar-refractivity contribution < 1.29 is 19.0 Å². The number of ether oxygens (including phenoxy) is 3. The number of aromatic nitrogens is 4. The Labute approximate surface area is 158 Å². The SMILES string of the molecule is COCCOC(=O)C1=C(C)Nc2nnnn2[C@@H]1c1cc(Br)ccc1OC. The number of rotatable bonds is 6. The van der Waals surface area contributed by atoms with Crippen LogP contribution in [0.1, 0.15) is 18.5 Å². The van der Waals surface area contributed by atoms with Gasteiger partial charge in [-0.15, -0.1) is 0 Å². The maximum atomic E-state index is 12.8. The van der Waals surface area contributed by atoms with E-state index in [1.54, 1.807) is 21.1 Å². The highest BCUT2D eigenvalue weighted by atomic mass is 79.9. The van der Waals surface area contributed by atoms with Gasteiger partial charge in [0.05, 0.1) is 19.3 Å². The van der Waals surface area contributed by atoms with E-state index in [4.69, 9.17) is 14.2 Å². The molecule has 0 bridgehead atoms. The van der Waals surface area contributed by atoms with Gasteiger partial charge in [0, 0.05) is 22.8 Å². The number of carbonyl (C=O) groups is 1. The molecule has 26 heavy (non-hydrogen) atoms. The molecular formula is C16H18BrN5O4. The fraction of sp³-hybridized carbons (Fsp3) is 0.375. The lowest BCUT2D eigenvalue weighted by Gasteiger charge is -2.28. The summed E-state index contributed by atoms with van der Waals surface area (Å²) in [6, 6.07) is 4.95. The lowest BCUT2D eigenvalue weighted by Crippen LogP contribution is -2.30. The van der Waals surface area contributed by atoms with Gasteiger partial charge in [-0.3, -0.25) is 0 Å². The molecule has 0 saturated heterocycles. The molecule has 1 aromatic carbocycles. The third-order valence-electron chi connectivity index (χ3n) is 3.94. The molecule has 0 amide bonds. The van der Waals surface area contributed by atoms with E-state index in [1.807, 2.05) is 18.2 Å². The normalized spacial score (nSPS) is 16.1. The number of benzene rings is 1. The standard InChI is InChI=1S/C16H18BrN5O4/c1-9-13(15(23)26-7-6-24-2)14(22-16(18-9)19-20-21-22)11-8-10(17)4-5-12(11)25-3/h4-5,8,14H,6-7H2,1-3H3,(H,18,19,21)/t14-/m1/s1. The van der Waals surface area contributed by atoms with E-state index in [0.717, 1.165) is 10.0 Å². The molecule has 0 saturated carbocycles. The van der Waals surface area contributed by atoms with Crippen molar-refractivity contribution >= 4 is 27.8 Å². The first-order valence-electron chi connectivity index (χ1n) is 7.82. The van der Waals surface area contributed by atoms with Gasteiger partial charge in [0.25, 0.3) is 0 Å². The summed E-state index contributed by atoms with van der Waals surface area (Å²) >= 11 is 3.47. The van der Waals surface area contributed by atoms with Crippen molar-refractivity contribution in [1.29, 1.82) is 0 Å². The predicted molar refractivity (Wildman–Crippen MR) is 95.8 cm³/mol. The second-order valence-corrected chi connectivity index (χ2v) is 6.44. The van der Waals surface area contributed by atoms with Crippen molar-refractivity contribution in [3.8, 4) is 5.75 Å². The molecule has 1 atom stereocenters. The highest BCUT2D eigenvalue weighted by molar-refractivity contribution is 9.10. The summed E-state index contributed by atoms with van der Waals surface area (Å²) in [4.78, 5) is 12.8. The first kappa shape index (κ1) is 18.3. The molecule has 0 unspecified atom stereocenters. The summed E-state index contributed by atoms with van der Waals surface area (Å²) in [5, 5.41) is 14.7. The molecule has 1 aromatic heterocycles. The summed E-state index contributed by atoms with van der Waals surface area (Å²) in [6.07, 6.45) is 0. The smallest absolute Gasteiger partial charge is 0.338 e. The van der Waals surface area contributed by atoms with Crippen LogP contribution in [0.5, 0.6) is 5.75 Å². The molecule has 2 aromatic rings. The summed E-state index contributed by atoms with van der Waals surface area (Å²) in [7, 11) is 3.12. The predicted octanol–water partition coefficient (Wildman–Crippen LogP) is 1.92. The molecule has 1 aliphatic heterocycles. The molecule has 0 spiro atoms. The number of fused-ring (bicyclic) bond motifs is 1. The maximum absolute atomic E-state index is 12.8. The van der Waals surface area contributed by atoms with E-state index in [0.29, 0.717) is 29.6 Å². The van der Waals surface area contributed by atoms with Crippen molar-refractivity contribution in [1.82, 2.24) is 20.2 Å². The Bertz CT molecular complexity index is 851. The van der Waals surface area contributed by atoms with Crippen molar-refractivity contribution in [2.24, 2.45) is 0 Å². The third-order valence-corrected chi connectivity index (χ3v) is 4.43. The molecule has 138 valence electrons. The van der Waals surface area contributed by atoms with Gasteiger partial charge in [-0.25, -0.2) is 4.79 Å². The van der Waals surface area contributed by atoms with Gasteiger partial charge in [0.2, 0.25) is 5.95 Å². The summed E-state index contributed by atoms with van der Waals surface area (Å²) in [5.74, 6) is 0.569. The van der Waals surface area contributed by atoms with Crippen LogP contribution in [0.2, 0.25) is 0 Å². The monoisotopic (exact) mass is 423 g/mol. The fourth-order valence-corrected chi connectivity index (χ4v) is 3.16. The number of allylic oxidation sites excluding steroid dienone is 1. The topological polar surface area (TPSA) is 100 Å². The zero-order chi connectivity index (χ0) is 18.7. The maximum Gasteiger partial charge on any atom is 0.338 e. The number of anilines is 1. The Kier molecular flexibility index (Phi) is 5.52. The second-order valence-electron chi connectivity index (χ2n) is 5.53. The van der Waals surface area contributed by atoms with Crippen molar-refractivity contribution in [2.75, 3.05) is 32.8 Å². The molecule has 1 aliphatic rings. The van der Waals surface area contributed by atoms with E-state index in [1.165, 1.54) is 4.68 Å². The number of nitrogens with one attached hydrogen (secondary N) is 1. The van der Waals surface area contributed by atoms with Crippen LogP contribution in [-0.4, -0.2) is 53.6 Å². The highest BCUT2D eigenvalue weighted by Gasteiger charge is 2.36. The Morgan fingerprint density at radius 3 is 2.88 bits per heavy atom. The molecular weight excluding hydrogens is 406 g/mol. The van der Waals surface area contributed by atoms with Crippen molar-refractivity contribution in [3.63, 3.8) is 0 Å². The van der Waals surface area contributed by atoms with E-state index < -0.39 is 12.0 Å². The average Bonchev–Trinajstić information content (AvgIpc) is 3.08. The zero-order valence-electron chi connectivity index (χ0n) is 14.5. The Balaban J connectivity index is 2.09. The number of methoxy groups -OCH3 is 2. The number of tetrazole rings is 1. The number of hydrogen-bond donors (Lipinski definition) is 1. The fourth-order valence-electron chi connectivity index (χ4n) is 2.78. The molecule has 3 rings (SSSR count). The van der Waals surface area contributed by atoms with E-state index in [9.17, 15) is 4.79 Å². The quantitative estimate of drug-likeness (QED) is 0.555. The number of nitrogens with zero attached hydrogens (tertiary/aromatic N) is 4. The van der Waals surface area contributed by atoms with Crippen LogP contribution in [0.4, 0.5) is 5.95 Å². The molecule has 10 heteroatoms. The van der Waals surface area contributed by atoms with Crippen LogP contribution in [0, 0.1) is 0 Å². The van der Waals surface area contributed by atoms with Gasteiger partial charge in [0.15, 0.2) is 0 Å². The molecule has 0 aliphatic carbocycles. The molecule has 0 radical (unpaired) electrons. The highest BCUT2D eigenvalue weighted by Crippen LogP contribution is 2.39. The summed E-state index contributed by atoms with van der Waals surface area (Å²) in [6.45, 7) is 2.24. The third kappa shape index (κ3) is 3.42. The van der Waals surface area contributed by atoms with Gasteiger partial charge in [0.1, 0.15) is 18.4 Å².